The van der Waals surface area contributed by atoms with Gasteiger partial charge < -0.3 is 9.88 Å². The number of nitrogens with zero attached hydrogens (tertiary/aromatic N) is 2. The number of pyridine rings is 1. The van der Waals surface area contributed by atoms with Gasteiger partial charge in [-0.05, 0) is 44.4 Å². The van der Waals surface area contributed by atoms with E-state index in [4.69, 9.17) is 0 Å². The van der Waals surface area contributed by atoms with Crippen LogP contribution in [-0.2, 0) is 16.6 Å². The van der Waals surface area contributed by atoms with Gasteiger partial charge in [0.05, 0.1) is 10.4 Å². The maximum Gasteiger partial charge on any atom is 0.256 e. The van der Waals surface area contributed by atoms with Crippen LogP contribution in [0, 0.1) is 0 Å². The first kappa shape index (κ1) is 23.2. The van der Waals surface area contributed by atoms with Crippen LogP contribution in [0.25, 0.3) is 10.9 Å². The largest absolute Gasteiger partial charge is 0.349 e. The Morgan fingerprint density at radius 3 is 2.52 bits per heavy atom. The predicted molar refractivity (Wildman–Crippen MR) is 123 cm³/mol. The first-order valence-corrected chi connectivity index (χ1v) is 12.3. The molecule has 2 heterocycles. The summed E-state index contributed by atoms with van der Waals surface area (Å²) in [5, 5.41) is 3.04. The molecule has 1 N–H and O–H groups in total. The van der Waals surface area contributed by atoms with Crippen molar-refractivity contribution in [1.29, 1.82) is 0 Å². The van der Waals surface area contributed by atoms with Gasteiger partial charge in [-0.1, -0.05) is 25.8 Å². The van der Waals surface area contributed by atoms with Gasteiger partial charge in [-0.2, -0.15) is 4.31 Å². The molecule has 7 nitrogen and oxygen atoms in total. The molecule has 1 aliphatic heterocycles. The summed E-state index contributed by atoms with van der Waals surface area (Å²) in [6.45, 7) is 8.92. The minimum absolute atomic E-state index is 0.000953. The standard InChI is InChI=1S/C23H31N3O4S/c1-4-12-25-16-20(23(28)24-17(3)5-2)22(27)19-15-18(10-11-21(19)25)31(29,30)26-13-8-6-7-9-14-26/h4,10-11,15-17H,1,5-9,12-14H2,2-3H3,(H,24,28)/t17-/m1/s1. The monoisotopic (exact) mass is 445 g/mol. The minimum Gasteiger partial charge on any atom is -0.349 e. The van der Waals surface area contributed by atoms with E-state index in [9.17, 15) is 18.0 Å². The van der Waals surface area contributed by atoms with Crippen LogP contribution < -0.4 is 10.7 Å². The Morgan fingerprint density at radius 2 is 1.90 bits per heavy atom. The zero-order chi connectivity index (χ0) is 22.6. The Balaban J connectivity index is 2.13. The Morgan fingerprint density at radius 1 is 1.23 bits per heavy atom. The van der Waals surface area contributed by atoms with Crippen LogP contribution in [0.1, 0.15) is 56.3 Å². The SMILES string of the molecule is C=CCn1cc(C(=O)N[C@H](C)CC)c(=O)c2cc(S(=O)(=O)N3CCCCCC3)ccc21. The van der Waals surface area contributed by atoms with Gasteiger partial charge in [0.2, 0.25) is 15.5 Å². The molecule has 1 fully saturated rings. The highest BCUT2D eigenvalue weighted by Crippen LogP contribution is 2.23. The molecule has 168 valence electrons. The normalized spacial score (nSPS) is 16.6. The Hall–Kier alpha value is -2.45. The van der Waals surface area contributed by atoms with E-state index in [1.54, 1.807) is 22.8 Å². The lowest BCUT2D eigenvalue weighted by molar-refractivity contribution is 0.0937. The second-order valence-electron chi connectivity index (χ2n) is 8.09. The van der Waals surface area contributed by atoms with Crippen molar-refractivity contribution in [3.63, 3.8) is 0 Å². The van der Waals surface area contributed by atoms with E-state index >= 15 is 0 Å². The summed E-state index contributed by atoms with van der Waals surface area (Å²) in [5.74, 6) is -0.458. The average molecular weight is 446 g/mol. The van der Waals surface area contributed by atoms with Gasteiger partial charge in [-0.3, -0.25) is 9.59 Å². The Kier molecular flexibility index (Phi) is 7.33. The van der Waals surface area contributed by atoms with Gasteiger partial charge in [0.25, 0.3) is 5.91 Å². The highest BCUT2D eigenvalue weighted by molar-refractivity contribution is 7.89. The van der Waals surface area contributed by atoms with Gasteiger partial charge in [-0.15, -0.1) is 6.58 Å². The minimum atomic E-state index is -3.71. The predicted octanol–water partition coefficient (Wildman–Crippen LogP) is 3.28. The van der Waals surface area contributed by atoms with Gasteiger partial charge in [-0.25, -0.2) is 8.42 Å². The van der Waals surface area contributed by atoms with Crippen LogP contribution >= 0.6 is 0 Å². The number of nitrogens with one attached hydrogen (secondary N) is 1. The molecule has 0 unspecified atom stereocenters. The molecule has 8 heteroatoms. The number of benzene rings is 1. The number of aromatic nitrogens is 1. The van der Waals surface area contributed by atoms with Gasteiger partial charge >= 0.3 is 0 Å². The van der Waals surface area contributed by atoms with Gasteiger partial charge in [0.1, 0.15) is 5.56 Å². The zero-order valence-corrected chi connectivity index (χ0v) is 19.1. The third-order valence-electron chi connectivity index (χ3n) is 5.81. The van der Waals surface area contributed by atoms with Crippen LogP contribution in [0.2, 0.25) is 0 Å². The molecule has 1 atom stereocenters. The molecule has 3 rings (SSSR count). The Labute approximate surface area is 183 Å². The highest BCUT2D eigenvalue weighted by atomic mass is 32.2. The van der Waals surface area contributed by atoms with E-state index in [2.05, 4.69) is 11.9 Å². The van der Waals surface area contributed by atoms with Gasteiger partial charge in [0, 0.05) is 37.3 Å². The molecule has 0 spiro atoms. The van der Waals surface area contributed by atoms with E-state index in [0.29, 0.717) is 25.2 Å². The van der Waals surface area contributed by atoms with Crippen LogP contribution in [0.5, 0.6) is 0 Å². The lowest BCUT2D eigenvalue weighted by atomic mass is 10.1. The van der Waals surface area contributed by atoms with Crippen molar-refractivity contribution in [2.45, 2.75) is 63.4 Å². The molecule has 1 saturated heterocycles. The van der Waals surface area contributed by atoms with Crippen LogP contribution in [0.15, 0.2) is 46.7 Å². The van der Waals surface area contributed by atoms with E-state index in [-0.39, 0.29) is 21.9 Å². The first-order valence-electron chi connectivity index (χ1n) is 10.9. The molecule has 1 amide bonds. The summed E-state index contributed by atoms with van der Waals surface area (Å²) < 4.78 is 29.7. The summed E-state index contributed by atoms with van der Waals surface area (Å²) in [5.41, 5.74) is 0.0998. The van der Waals surface area contributed by atoms with E-state index in [1.807, 2.05) is 13.8 Å². The second kappa shape index (κ2) is 9.78. The maximum absolute atomic E-state index is 13.2. The second-order valence-corrected chi connectivity index (χ2v) is 10.0. The molecule has 31 heavy (non-hydrogen) atoms. The van der Waals surface area contributed by atoms with E-state index in [0.717, 1.165) is 32.1 Å². The Bertz CT molecular complexity index is 1130. The number of fused-ring (bicyclic) bond motifs is 1. The third kappa shape index (κ3) is 4.91. The molecule has 1 aromatic carbocycles. The van der Waals surface area contributed by atoms with E-state index in [1.165, 1.54) is 16.6 Å². The maximum atomic E-state index is 13.2. The fourth-order valence-electron chi connectivity index (χ4n) is 3.82. The molecule has 1 aliphatic rings. The third-order valence-corrected chi connectivity index (χ3v) is 7.71. The molecule has 0 aliphatic carbocycles. The van der Waals surface area contributed by atoms with Crippen molar-refractivity contribution in [3.05, 3.63) is 52.8 Å². The molecule has 1 aromatic heterocycles. The summed E-state index contributed by atoms with van der Waals surface area (Å²) in [7, 11) is -3.71. The lowest BCUT2D eigenvalue weighted by Crippen LogP contribution is -2.35. The highest BCUT2D eigenvalue weighted by Gasteiger charge is 2.26. The number of carbonyl (C=O) groups is 1. The first-order chi connectivity index (χ1) is 14.8. The van der Waals surface area contributed by atoms with Crippen LogP contribution in [0.3, 0.4) is 0 Å². The summed E-state index contributed by atoms with van der Waals surface area (Å²) in [4.78, 5) is 26.0. The summed E-state index contributed by atoms with van der Waals surface area (Å²) in [6.07, 6.45) is 7.63. The molecular weight excluding hydrogens is 414 g/mol. The van der Waals surface area contributed by atoms with Crippen LogP contribution in [0.4, 0.5) is 0 Å². The summed E-state index contributed by atoms with van der Waals surface area (Å²) in [6, 6.07) is 4.52. The topological polar surface area (TPSA) is 88.5 Å². The number of hydrogen-bond acceptors (Lipinski definition) is 4. The number of carbonyl (C=O) groups excluding carboxylic acids is 1. The fourth-order valence-corrected chi connectivity index (χ4v) is 5.37. The van der Waals surface area contributed by atoms with Crippen molar-refractivity contribution in [2.75, 3.05) is 13.1 Å². The zero-order valence-electron chi connectivity index (χ0n) is 18.3. The quantitative estimate of drug-likeness (QED) is 0.663. The van der Waals surface area contributed by atoms with Crippen molar-refractivity contribution < 1.29 is 13.2 Å². The lowest BCUT2D eigenvalue weighted by Gasteiger charge is -2.20. The summed E-state index contributed by atoms with van der Waals surface area (Å²) >= 11 is 0. The number of hydrogen-bond donors (Lipinski definition) is 1. The van der Waals surface area contributed by atoms with Crippen molar-refractivity contribution in [1.82, 2.24) is 14.2 Å². The average Bonchev–Trinajstić information content (AvgIpc) is 3.05. The number of rotatable bonds is 7. The number of amides is 1. The molecule has 0 radical (unpaired) electrons. The molecule has 0 saturated carbocycles. The van der Waals surface area contributed by atoms with Crippen LogP contribution in [-0.4, -0.2) is 42.3 Å². The fraction of sp³-hybridized carbons (Fsp3) is 0.478. The van der Waals surface area contributed by atoms with Crippen molar-refractivity contribution in [3.8, 4) is 0 Å². The molecule has 2 aromatic rings. The molecular formula is C23H31N3O4S. The smallest absolute Gasteiger partial charge is 0.256 e. The van der Waals surface area contributed by atoms with Crippen molar-refractivity contribution in [2.24, 2.45) is 0 Å². The van der Waals surface area contributed by atoms with Crippen molar-refractivity contribution >= 4 is 26.8 Å². The molecule has 0 bridgehead atoms. The van der Waals surface area contributed by atoms with E-state index < -0.39 is 21.4 Å². The number of sulfonamides is 1. The number of allylic oxidation sites excluding steroid dienone is 1. The van der Waals surface area contributed by atoms with Gasteiger partial charge in [0.15, 0.2) is 0 Å².